The monoisotopic (exact) mass is 350 g/mol. The molecule has 6 heteroatoms. The Bertz CT molecular complexity index is 813. The number of benzene rings is 1. The first-order chi connectivity index (χ1) is 12.8. The molecule has 2 N–H and O–H groups in total. The van der Waals surface area contributed by atoms with Gasteiger partial charge in [0.15, 0.2) is 0 Å². The third kappa shape index (κ3) is 4.80. The average Bonchev–Trinajstić information content (AvgIpc) is 3.16. The van der Waals surface area contributed by atoms with Gasteiger partial charge in [0.25, 0.3) is 5.91 Å². The van der Waals surface area contributed by atoms with E-state index >= 15 is 0 Å². The number of hydrazone groups is 1. The number of furan rings is 1. The van der Waals surface area contributed by atoms with Gasteiger partial charge >= 0.3 is 0 Å². The summed E-state index contributed by atoms with van der Waals surface area (Å²) in [6.07, 6.45) is 7.47. The van der Waals surface area contributed by atoms with E-state index < -0.39 is 0 Å². The third-order valence-corrected chi connectivity index (χ3v) is 4.48. The first-order valence-electron chi connectivity index (χ1n) is 8.91. The molecule has 0 atom stereocenters. The molecule has 3 rings (SSSR count). The van der Waals surface area contributed by atoms with E-state index in [1.807, 2.05) is 18.2 Å². The zero-order chi connectivity index (χ0) is 18.2. The van der Waals surface area contributed by atoms with Crippen LogP contribution in [0.25, 0.3) is 11.3 Å². The lowest BCUT2D eigenvalue weighted by molar-refractivity contribution is -0.120. The van der Waals surface area contributed by atoms with Crippen LogP contribution in [0.5, 0.6) is 0 Å². The van der Waals surface area contributed by atoms with Crippen LogP contribution in [0.1, 0.15) is 43.4 Å². The molecule has 1 fully saturated rings. The molecule has 1 amide bonds. The smallest absolute Gasteiger partial charge is 0.254 e. The van der Waals surface area contributed by atoms with Crippen molar-refractivity contribution in [1.29, 1.82) is 5.26 Å². The number of amides is 1. The minimum absolute atomic E-state index is 0.173. The van der Waals surface area contributed by atoms with Crippen LogP contribution in [0.15, 0.2) is 45.9 Å². The van der Waals surface area contributed by atoms with Gasteiger partial charge in [0, 0.05) is 11.6 Å². The molecule has 1 aliphatic rings. The number of hydrogen-bond donors (Lipinski definition) is 2. The predicted molar refractivity (Wildman–Crippen MR) is 99.5 cm³/mol. The van der Waals surface area contributed by atoms with Crippen molar-refractivity contribution in [2.24, 2.45) is 5.10 Å². The van der Waals surface area contributed by atoms with E-state index in [2.05, 4.69) is 21.9 Å². The number of nitrogens with one attached hydrogen (secondary N) is 2. The number of hydrogen-bond acceptors (Lipinski definition) is 5. The first kappa shape index (κ1) is 17.9. The summed E-state index contributed by atoms with van der Waals surface area (Å²) in [7, 11) is 0. The Morgan fingerprint density at radius 1 is 1.23 bits per heavy atom. The van der Waals surface area contributed by atoms with Crippen molar-refractivity contribution in [2.75, 3.05) is 6.54 Å². The molecule has 0 saturated heterocycles. The van der Waals surface area contributed by atoms with Gasteiger partial charge in [-0.2, -0.15) is 10.4 Å². The molecule has 1 aliphatic carbocycles. The molecule has 134 valence electrons. The highest BCUT2D eigenvalue weighted by Gasteiger charge is 2.13. The zero-order valence-electron chi connectivity index (χ0n) is 14.6. The first-order valence-corrected chi connectivity index (χ1v) is 8.91. The van der Waals surface area contributed by atoms with Crippen molar-refractivity contribution >= 4 is 12.1 Å². The lowest BCUT2D eigenvalue weighted by atomic mass is 9.95. The van der Waals surface area contributed by atoms with Crippen molar-refractivity contribution in [3.8, 4) is 17.4 Å². The Kier molecular flexibility index (Phi) is 6.18. The maximum absolute atomic E-state index is 11.8. The Morgan fingerprint density at radius 3 is 2.85 bits per heavy atom. The number of carbonyl (C=O) groups excluding carboxylic acids is 1. The van der Waals surface area contributed by atoms with Gasteiger partial charge in [0.1, 0.15) is 11.5 Å². The van der Waals surface area contributed by atoms with E-state index in [0.29, 0.717) is 23.1 Å². The molecule has 6 nitrogen and oxygen atoms in total. The molecule has 1 aromatic heterocycles. The second kappa shape index (κ2) is 8.97. The van der Waals surface area contributed by atoms with Crippen LogP contribution >= 0.6 is 0 Å². The van der Waals surface area contributed by atoms with E-state index in [1.165, 1.54) is 25.5 Å². The molecule has 1 heterocycles. The second-order valence-corrected chi connectivity index (χ2v) is 6.37. The van der Waals surface area contributed by atoms with Gasteiger partial charge < -0.3 is 9.73 Å². The zero-order valence-corrected chi connectivity index (χ0v) is 14.6. The Labute approximate surface area is 152 Å². The van der Waals surface area contributed by atoms with Crippen LogP contribution < -0.4 is 10.7 Å². The standard InChI is InChI=1S/C20H22N4O2/c21-12-15-6-4-5-9-18(15)19-11-10-17(26-19)13-23-24-20(25)14-22-16-7-2-1-3-8-16/h4-6,9-11,13,16,22H,1-3,7-8,14H2,(H,24,25)/b23-13-. The fraction of sp³-hybridized carbons (Fsp3) is 0.350. The third-order valence-electron chi connectivity index (χ3n) is 4.48. The minimum atomic E-state index is -0.173. The van der Waals surface area contributed by atoms with Crippen LogP contribution in [0.3, 0.4) is 0 Å². The van der Waals surface area contributed by atoms with E-state index in [1.54, 1.807) is 18.2 Å². The summed E-state index contributed by atoms with van der Waals surface area (Å²) >= 11 is 0. The molecule has 0 aliphatic heterocycles. The topological polar surface area (TPSA) is 90.4 Å². The van der Waals surface area contributed by atoms with Crippen molar-refractivity contribution < 1.29 is 9.21 Å². The molecule has 0 bridgehead atoms. The van der Waals surface area contributed by atoms with Crippen molar-refractivity contribution in [3.63, 3.8) is 0 Å². The predicted octanol–water partition coefficient (Wildman–Crippen LogP) is 3.19. The van der Waals surface area contributed by atoms with E-state index in [-0.39, 0.29) is 12.5 Å². The number of carbonyl (C=O) groups is 1. The van der Waals surface area contributed by atoms with E-state index in [9.17, 15) is 4.79 Å². The van der Waals surface area contributed by atoms with Gasteiger partial charge in [-0.1, -0.05) is 31.4 Å². The van der Waals surface area contributed by atoms with Gasteiger partial charge in [-0.25, -0.2) is 5.43 Å². The van der Waals surface area contributed by atoms with Crippen LogP contribution in [0.4, 0.5) is 0 Å². The normalized spacial score (nSPS) is 15.0. The van der Waals surface area contributed by atoms with Gasteiger partial charge in [-0.15, -0.1) is 0 Å². The fourth-order valence-corrected chi connectivity index (χ4v) is 3.11. The van der Waals surface area contributed by atoms with Crippen LogP contribution in [0, 0.1) is 11.3 Å². The Morgan fingerprint density at radius 2 is 2.04 bits per heavy atom. The van der Waals surface area contributed by atoms with Crippen molar-refractivity contribution in [1.82, 2.24) is 10.7 Å². The van der Waals surface area contributed by atoms with Gasteiger partial charge in [0.2, 0.25) is 0 Å². The highest BCUT2D eigenvalue weighted by atomic mass is 16.3. The van der Waals surface area contributed by atoms with Crippen molar-refractivity contribution in [3.05, 3.63) is 47.7 Å². The molecule has 26 heavy (non-hydrogen) atoms. The quantitative estimate of drug-likeness (QED) is 0.618. The number of rotatable bonds is 6. The maximum Gasteiger partial charge on any atom is 0.254 e. The van der Waals surface area contributed by atoms with Crippen molar-refractivity contribution in [2.45, 2.75) is 38.1 Å². The Balaban J connectivity index is 1.50. The summed E-state index contributed by atoms with van der Waals surface area (Å²) in [5.74, 6) is 0.926. The molecule has 0 radical (unpaired) electrons. The minimum Gasteiger partial charge on any atom is -0.455 e. The van der Waals surface area contributed by atoms with E-state index in [4.69, 9.17) is 9.68 Å². The maximum atomic E-state index is 11.8. The van der Waals surface area contributed by atoms with Crippen LogP contribution in [-0.4, -0.2) is 24.7 Å². The molecule has 0 unspecified atom stereocenters. The summed E-state index contributed by atoms with van der Waals surface area (Å²) in [6.45, 7) is 0.265. The Hall–Kier alpha value is -2.91. The highest BCUT2D eigenvalue weighted by molar-refractivity contribution is 5.82. The molecule has 0 spiro atoms. The van der Waals surface area contributed by atoms with Gasteiger partial charge in [-0.3, -0.25) is 4.79 Å². The number of nitrogens with zero attached hydrogens (tertiary/aromatic N) is 2. The fourth-order valence-electron chi connectivity index (χ4n) is 3.11. The van der Waals surface area contributed by atoms with Crippen LogP contribution in [-0.2, 0) is 4.79 Å². The molecule has 1 saturated carbocycles. The lowest BCUT2D eigenvalue weighted by Crippen LogP contribution is -2.38. The lowest BCUT2D eigenvalue weighted by Gasteiger charge is -2.22. The molecule has 1 aromatic carbocycles. The average molecular weight is 350 g/mol. The highest BCUT2D eigenvalue weighted by Crippen LogP contribution is 2.24. The van der Waals surface area contributed by atoms with E-state index in [0.717, 1.165) is 18.4 Å². The SMILES string of the molecule is N#Cc1ccccc1-c1ccc(/C=N\NC(=O)CNC2CCCCC2)o1. The summed E-state index contributed by atoms with van der Waals surface area (Å²) in [5.41, 5.74) is 3.78. The largest absolute Gasteiger partial charge is 0.455 e. The molecule has 2 aromatic rings. The van der Waals surface area contributed by atoms with Gasteiger partial charge in [0.05, 0.1) is 24.4 Å². The van der Waals surface area contributed by atoms with Gasteiger partial charge in [-0.05, 0) is 37.1 Å². The summed E-state index contributed by atoms with van der Waals surface area (Å²) in [5, 5.41) is 16.4. The summed E-state index contributed by atoms with van der Waals surface area (Å²) < 4.78 is 5.68. The molecular formula is C20H22N4O2. The number of nitriles is 1. The summed E-state index contributed by atoms with van der Waals surface area (Å²) in [4.78, 5) is 11.8. The molecular weight excluding hydrogens is 328 g/mol. The van der Waals surface area contributed by atoms with Crippen LogP contribution in [0.2, 0.25) is 0 Å². The summed E-state index contributed by atoms with van der Waals surface area (Å²) in [6, 6.07) is 13.3. The second-order valence-electron chi connectivity index (χ2n) is 6.37.